The van der Waals surface area contributed by atoms with E-state index < -0.39 is 6.10 Å². The molecule has 2 heterocycles. The van der Waals surface area contributed by atoms with Gasteiger partial charge in [-0.3, -0.25) is 19.9 Å². The van der Waals surface area contributed by atoms with Crippen LogP contribution >= 0.6 is 22.9 Å². The molecule has 1 aliphatic heterocycles. The molecule has 6 N–H and O–H groups in total. The van der Waals surface area contributed by atoms with Crippen LogP contribution in [-0.4, -0.2) is 60.5 Å². The summed E-state index contributed by atoms with van der Waals surface area (Å²) in [7, 11) is 0. The third-order valence-electron chi connectivity index (χ3n) is 6.30. The minimum Gasteiger partial charge on any atom is -0.389 e. The van der Waals surface area contributed by atoms with Gasteiger partial charge in [0.2, 0.25) is 5.91 Å². The zero-order valence-corrected chi connectivity index (χ0v) is 22.9. The lowest BCUT2D eigenvalue weighted by atomic mass is 10.1. The van der Waals surface area contributed by atoms with Crippen LogP contribution in [0.3, 0.4) is 0 Å². The predicted octanol–water partition coefficient (Wildman–Crippen LogP) is 4.22. The van der Waals surface area contributed by atoms with E-state index in [1.54, 1.807) is 24.3 Å². The van der Waals surface area contributed by atoms with Crippen molar-refractivity contribution in [2.75, 3.05) is 41.5 Å². The van der Waals surface area contributed by atoms with Gasteiger partial charge in [0.05, 0.1) is 38.9 Å². The largest absolute Gasteiger partial charge is 0.389 e. The fourth-order valence-electron chi connectivity index (χ4n) is 4.27. The fraction of sp³-hybridized carbons (Fsp3) is 0.538. The first-order valence-electron chi connectivity index (χ1n) is 12.9. The Morgan fingerprint density at radius 3 is 2.70 bits per heavy atom. The van der Waals surface area contributed by atoms with Crippen LogP contribution in [0.5, 0.6) is 0 Å². The van der Waals surface area contributed by atoms with E-state index in [2.05, 4.69) is 22.5 Å². The van der Waals surface area contributed by atoms with Gasteiger partial charge in [-0.25, -0.2) is 0 Å². The number of hydroxylamine groups is 1. The molecule has 2 unspecified atom stereocenters. The second kappa shape index (κ2) is 14.5. The van der Waals surface area contributed by atoms with E-state index in [4.69, 9.17) is 17.3 Å². The summed E-state index contributed by atoms with van der Waals surface area (Å²) in [5.74, 6) is -0.410. The highest BCUT2D eigenvalue weighted by molar-refractivity contribution is 7.18. The van der Waals surface area contributed by atoms with Crippen LogP contribution in [0, 0.1) is 0 Å². The van der Waals surface area contributed by atoms with Gasteiger partial charge < -0.3 is 26.4 Å². The maximum absolute atomic E-state index is 12.7. The number of halogens is 1. The highest BCUT2D eigenvalue weighted by Crippen LogP contribution is 2.33. The van der Waals surface area contributed by atoms with E-state index in [0.29, 0.717) is 33.6 Å². The number of carbonyl (C=O) groups is 2. The molecular weight excluding hydrogens is 514 g/mol. The minimum atomic E-state index is -1.03. The number of benzene rings is 1. The molecule has 0 aliphatic carbocycles. The van der Waals surface area contributed by atoms with Crippen LogP contribution < -0.4 is 26.3 Å². The fourth-order valence-corrected chi connectivity index (χ4v) is 5.23. The third-order valence-corrected chi connectivity index (χ3v) is 7.53. The molecule has 3 rings (SSSR count). The number of nitrogens with two attached hydrogens (primary N) is 1. The maximum Gasteiger partial charge on any atom is 0.261 e. The summed E-state index contributed by atoms with van der Waals surface area (Å²) in [6, 6.07) is 8.61. The number of anilines is 3. The summed E-state index contributed by atoms with van der Waals surface area (Å²) >= 11 is 7.01. The van der Waals surface area contributed by atoms with Gasteiger partial charge >= 0.3 is 0 Å². The highest BCUT2D eigenvalue weighted by Gasteiger charge is 2.23. The standard InChI is InChI=1S/C26H38ClN5O4S/c1-2-3-4-5-6-7-25(34)30-21-14-19(8-9-22(21)31-13-12-18(28)16-31)32(36)17-20(33)15-29-26(35)23-10-11-24(27)37-23/h8-11,14,18,20,33,36H,2-7,12-13,15-17,28H2,1H3,(H,29,35)(H,30,34). The van der Waals surface area contributed by atoms with Crippen molar-refractivity contribution in [2.45, 2.75) is 64.0 Å². The number of aliphatic hydroxyl groups is 1. The van der Waals surface area contributed by atoms with E-state index in [1.807, 2.05) is 6.07 Å². The first kappa shape index (κ1) is 29.2. The Morgan fingerprint density at radius 1 is 1.24 bits per heavy atom. The molecule has 2 amide bonds. The number of thiophene rings is 1. The van der Waals surface area contributed by atoms with Crippen LogP contribution in [0.2, 0.25) is 4.34 Å². The van der Waals surface area contributed by atoms with Gasteiger partial charge in [0.25, 0.3) is 5.91 Å². The molecule has 9 nitrogen and oxygen atoms in total. The van der Waals surface area contributed by atoms with Crippen molar-refractivity contribution in [3.05, 3.63) is 39.5 Å². The summed E-state index contributed by atoms with van der Waals surface area (Å²) in [6.07, 6.45) is 5.58. The lowest BCUT2D eigenvalue weighted by Crippen LogP contribution is -2.39. The molecule has 2 aromatic rings. The maximum atomic E-state index is 12.7. The first-order valence-corrected chi connectivity index (χ1v) is 14.1. The Morgan fingerprint density at radius 2 is 2.03 bits per heavy atom. The number of hydrogen-bond acceptors (Lipinski definition) is 8. The molecule has 11 heteroatoms. The molecule has 0 saturated carbocycles. The van der Waals surface area contributed by atoms with Crippen molar-refractivity contribution in [3.63, 3.8) is 0 Å². The molecule has 37 heavy (non-hydrogen) atoms. The van der Waals surface area contributed by atoms with E-state index in [9.17, 15) is 19.9 Å². The smallest absolute Gasteiger partial charge is 0.261 e. The predicted molar refractivity (Wildman–Crippen MR) is 150 cm³/mol. The molecule has 1 aromatic heterocycles. The van der Waals surface area contributed by atoms with Crippen molar-refractivity contribution in [1.82, 2.24) is 5.32 Å². The van der Waals surface area contributed by atoms with E-state index in [-0.39, 0.29) is 30.9 Å². The van der Waals surface area contributed by atoms with Crippen LogP contribution in [-0.2, 0) is 4.79 Å². The summed E-state index contributed by atoms with van der Waals surface area (Å²) in [5.41, 5.74) is 7.97. The van der Waals surface area contributed by atoms with E-state index in [1.165, 1.54) is 6.42 Å². The number of carbonyl (C=O) groups excluding carboxylic acids is 2. The first-order chi connectivity index (χ1) is 17.8. The summed E-state index contributed by atoms with van der Waals surface area (Å²) in [6.45, 7) is 3.46. The monoisotopic (exact) mass is 551 g/mol. The molecule has 0 bridgehead atoms. The van der Waals surface area contributed by atoms with Crippen LogP contribution in [0.25, 0.3) is 0 Å². The van der Waals surface area contributed by atoms with Crippen molar-refractivity contribution in [1.29, 1.82) is 0 Å². The number of hydrogen-bond donors (Lipinski definition) is 5. The summed E-state index contributed by atoms with van der Waals surface area (Å²) in [5, 5.41) is 27.6. The molecule has 204 valence electrons. The minimum absolute atomic E-state index is 0.0449. The quantitative estimate of drug-likeness (QED) is 0.175. The molecule has 0 spiro atoms. The zero-order valence-electron chi connectivity index (χ0n) is 21.3. The van der Waals surface area contributed by atoms with Gasteiger partial charge in [-0.15, -0.1) is 11.3 Å². The van der Waals surface area contributed by atoms with Crippen molar-refractivity contribution in [3.8, 4) is 0 Å². The topological polar surface area (TPSA) is 131 Å². The molecule has 1 fully saturated rings. The van der Waals surface area contributed by atoms with Gasteiger partial charge in [-0.2, -0.15) is 0 Å². The second-order valence-corrected chi connectivity index (χ2v) is 11.2. The average molecular weight is 552 g/mol. The molecule has 0 radical (unpaired) electrons. The average Bonchev–Trinajstić information content (AvgIpc) is 3.50. The molecule has 2 atom stereocenters. The molecule has 1 saturated heterocycles. The molecular formula is C26H38ClN5O4S. The van der Waals surface area contributed by atoms with Gasteiger partial charge in [0.15, 0.2) is 0 Å². The van der Waals surface area contributed by atoms with Gasteiger partial charge in [0.1, 0.15) is 0 Å². The number of rotatable bonds is 14. The summed E-state index contributed by atoms with van der Waals surface area (Å²) in [4.78, 5) is 27.4. The Labute approximate surface area is 227 Å². The third kappa shape index (κ3) is 9.15. The van der Waals surface area contributed by atoms with Crippen LogP contribution in [0.1, 0.15) is 61.5 Å². The van der Waals surface area contributed by atoms with E-state index >= 15 is 0 Å². The van der Waals surface area contributed by atoms with Crippen molar-refractivity contribution < 1.29 is 19.9 Å². The van der Waals surface area contributed by atoms with Gasteiger partial charge in [-0.1, -0.05) is 44.2 Å². The second-order valence-electron chi connectivity index (χ2n) is 9.46. The Bertz CT molecular complexity index is 1040. The number of amides is 2. The lowest BCUT2D eigenvalue weighted by Gasteiger charge is -2.25. The van der Waals surface area contributed by atoms with Crippen LogP contribution in [0.4, 0.5) is 17.1 Å². The molecule has 1 aromatic carbocycles. The van der Waals surface area contributed by atoms with Gasteiger partial charge in [0, 0.05) is 32.1 Å². The van der Waals surface area contributed by atoms with E-state index in [0.717, 1.165) is 60.7 Å². The number of nitrogens with zero attached hydrogens (tertiary/aromatic N) is 2. The Kier molecular flexibility index (Phi) is 11.5. The van der Waals surface area contributed by atoms with Crippen LogP contribution in [0.15, 0.2) is 30.3 Å². The van der Waals surface area contributed by atoms with Crippen molar-refractivity contribution in [2.24, 2.45) is 5.73 Å². The number of unbranched alkanes of at least 4 members (excludes halogenated alkanes) is 4. The number of nitrogens with one attached hydrogen (secondary N) is 2. The molecule has 1 aliphatic rings. The van der Waals surface area contributed by atoms with Gasteiger partial charge in [-0.05, 0) is 43.2 Å². The zero-order chi connectivity index (χ0) is 26.8. The Balaban J connectivity index is 1.61. The highest BCUT2D eigenvalue weighted by atomic mass is 35.5. The SMILES string of the molecule is CCCCCCCC(=O)Nc1cc(N(O)CC(O)CNC(=O)c2ccc(Cl)s2)ccc1N1CCC(N)C1. The normalized spacial score (nSPS) is 16.0. The Hall–Kier alpha value is -2.37. The number of aliphatic hydroxyl groups excluding tert-OH is 1. The lowest BCUT2D eigenvalue weighted by molar-refractivity contribution is -0.116. The van der Waals surface area contributed by atoms with Crippen molar-refractivity contribution >= 4 is 51.8 Å². The summed E-state index contributed by atoms with van der Waals surface area (Å²) < 4.78 is 0.506.